The molecule has 0 bridgehead atoms. The summed E-state index contributed by atoms with van der Waals surface area (Å²) >= 11 is 4.56. The molecule has 2 aromatic rings. The van der Waals surface area contributed by atoms with E-state index in [1.165, 1.54) is 31.2 Å². The van der Waals surface area contributed by atoms with Gasteiger partial charge < -0.3 is 0 Å². The zero-order chi connectivity index (χ0) is 17.1. The van der Waals surface area contributed by atoms with Crippen molar-refractivity contribution in [2.45, 2.75) is 36.9 Å². The van der Waals surface area contributed by atoms with Crippen LogP contribution in [0, 0.1) is 17.7 Å². The minimum Gasteiger partial charge on any atom is -0.205 e. The molecule has 2 aromatic carbocycles. The van der Waals surface area contributed by atoms with Crippen LogP contribution in [0.1, 0.15) is 48.3 Å². The first-order chi connectivity index (χ1) is 11.5. The van der Waals surface area contributed by atoms with Crippen LogP contribution in [0.15, 0.2) is 36.4 Å². The second-order valence-corrected chi connectivity index (χ2v) is 7.62. The van der Waals surface area contributed by atoms with Crippen LogP contribution in [0.2, 0.25) is 0 Å². The third-order valence-corrected chi connectivity index (χ3v) is 5.74. The van der Waals surface area contributed by atoms with Crippen molar-refractivity contribution in [1.29, 1.82) is 0 Å². The predicted octanol–water partition coefficient (Wildman–Crippen LogP) is 3.48. The summed E-state index contributed by atoms with van der Waals surface area (Å²) in [6.07, 6.45) is 4.77. The van der Waals surface area contributed by atoms with Gasteiger partial charge in [0, 0.05) is 10.8 Å². The third-order valence-electron chi connectivity index (χ3n) is 4.63. The number of hydrogen-bond donors (Lipinski definition) is 1. The number of rotatable bonds is 1. The highest BCUT2D eigenvalue weighted by atomic mass is 32.1. The van der Waals surface area contributed by atoms with Gasteiger partial charge in [-0.05, 0) is 60.7 Å². The molecule has 0 amide bonds. The Hall–Kier alpha value is -1.23. The summed E-state index contributed by atoms with van der Waals surface area (Å²) < 4.78 is 14.1. The van der Waals surface area contributed by atoms with Gasteiger partial charge in [-0.15, -0.1) is 9.24 Å². The molecular weight excluding hydrogens is 333 g/mol. The van der Waals surface area contributed by atoms with Crippen LogP contribution < -0.4 is 10.8 Å². The van der Waals surface area contributed by atoms with E-state index in [9.17, 15) is 4.39 Å². The van der Waals surface area contributed by atoms with Gasteiger partial charge in [0.1, 0.15) is 13.7 Å². The molecule has 0 saturated heterocycles. The van der Waals surface area contributed by atoms with Crippen LogP contribution in [0.4, 0.5) is 4.39 Å². The lowest BCUT2D eigenvalue weighted by Crippen LogP contribution is -2.22. The Kier molecular flexibility index (Phi) is 5.70. The van der Waals surface area contributed by atoms with E-state index in [2.05, 4.69) is 45.8 Å². The Balaban J connectivity index is 1.75. The average molecular weight is 352 g/mol. The smallest absolute Gasteiger partial charge is 0.145 e. The van der Waals surface area contributed by atoms with Crippen LogP contribution in [-0.2, 0) is 0 Å². The van der Waals surface area contributed by atoms with E-state index in [4.69, 9.17) is 7.85 Å². The number of benzene rings is 2. The fraction of sp³-hybridized carbons (Fsp3) is 0.300. The van der Waals surface area contributed by atoms with Crippen LogP contribution >= 0.6 is 21.9 Å². The van der Waals surface area contributed by atoms with Gasteiger partial charge in [0.15, 0.2) is 0 Å². The molecule has 1 aliphatic rings. The van der Waals surface area contributed by atoms with E-state index in [0.717, 1.165) is 5.56 Å². The molecule has 4 heteroatoms. The van der Waals surface area contributed by atoms with E-state index in [1.807, 2.05) is 12.1 Å². The second-order valence-electron chi connectivity index (χ2n) is 6.31. The molecule has 1 saturated carbocycles. The Labute approximate surface area is 152 Å². The fourth-order valence-corrected chi connectivity index (χ4v) is 3.64. The normalized spacial score (nSPS) is 20.3. The van der Waals surface area contributed by atoms with Gasteiger partial charge in [-0.25, -0.2) is 4.39 Å². The maximum absolute atomic E-state index is 14.1. The molecule has 0 nitrogen and oxygen atoms in total. The van der Waals surface area contributed by atoms with E-state index in [0.29, 0.717) is 27.5 Å². The van der Waals surface area contributed by atoms with E-state index in [1.54, 1.807) is 12.1 Å². The van der Waals surface area contributed by atoms with Crippen molar-refractivity contribution in [2.75, 3.05) is 0 Å². The van der Waals surface area contributed by atoms with Crippen LogP contribution in [-0.4, -0.2) is 13.1 Å². The molecule has 2 radical (unpaired) electrons. The molecule has 1 unspecified atom stereocenters. The van der Waals surface area contributed by atoms with Crippen molar-refractivity contribution in [3.05, 3.63) is 58.9 Å². The Bertz CT molecular complexity index is 784. The van der Waals surface area contributed by atoms with Gasteiger partial charge in [0.2, 0.25) is 0 Å². The summed E-state index contributed by atoms with van der Waals surface area (Å²) in [6, 6.07) is 11.6. The summed E-state index contributed by atoms with van der Waals surface area (Å²) in [5.74, 6) is 6.19. The minimum atomic E-state index is -0.368. The van der Waals surface area contributed by atoms with E-state index < -0.39 is 0 Å². The summed E-state index contributed by atoms with van der Waals surface area (Å²) in [6.45, 7) is 0. The van der Waals surface area contributed by atoms with Gasteiger partial charge in [0.25, 0.3) is 0 Å². The fourth-order valence-electron chi connectivity index (χ4n) is 3.09. The SMILES string of the molecule is [B]c1ccc(C#Cc2ccc(C3CCC(S)CC3)cc2)c(F)c1P. The van der Waals surface area contributed by atoms with Gasteiger partial charge in [-0.3, -0.25) is 0 Å². The van der Waals surface area contributed by atoms with Crippen LogP contribution in [0.5, 0.6) is 0 Å². The maximum Gasteiger partial charge on any atom is 0.145 e. The van der Waals surface area contributed by atoms with E-state index in [-0.39, 0.29) is 5.82 Å². The van der Waals surface area contributed by atoms with Gasteiger partial charge >= 0.3 is 0 Å². The molecule has 0 spiro atoms. The first kappa shape index (κ1) is 17.6. The first-order valence-electron chi connectivity index (χ1n) is 8.18. The monoisotopic (exact) mass is 352 g/mol. The molecule has 3 rings (SSSR count). The minimum absolute atomic E-state index is 0.366. The molecule has 1 atom stereocenters. The quantitative estimate of drug-likeness (QED) is 0.346. The van der Waals surface area contributed by atoms with Crippen LogP contribution in [0.25, 0.3) is 0 Å². The molecule has 0 heterocycles. The third kappa shape index (κ3) is 4.05. The van der Waals surface area contributed by atoms with Crippen molar-refractivity contribution < 1.29 is 4.39 Å². The zero-order valence-electron chi connectivity index (χ0n) is 13.4. The molecule has 0 aromatic heterocycles. The molecule has 0 N–H and O–H groups in total. The van der Waals surface area contributed by atoms with Gasteiger partial charge in [0.05, 0.1) is 5.56 Å². The van der Waals surface area contributed by atoms with Gasteiger partial charge in [-0.1, -0.05) is 35.5 Å². The number of hydrogen-bond acceptors (Lipinski definition) is 1. The Morgan fingerprint density at radius 1 is 1.00 bits per heavy atom. The van der Waals surface area contributed by atoms with Crippen molar-refractivity contribution in [2.24, 2.45) is 0 Å². The van der Waals surface area contributed by atoms with E-state index >= 15 is 0 Å². The topological polar surface area (TPSA) is 0 Å². The highest BCUT2D eigenvalue weighted by Crippen LogP contribution is 2.34. The summed E-state index contributed by atoms with van der Waals surface area (Å²) in [7, 11) is 8.00. The summed E-state index contributed by atoms with van der Waals surface area (Å²) in [4.78, 5) is 0. The van der Waals surface area contributed by atoms with Crippen molar-refractivity contribution >= 4 is 40.5 Å². The molecule has 1 fully saturated rings. The average Bonchev–Trinajstić information content (AvgIpc) is 2.60. The molecule has 0 aliphatic heterocycles. The van der Waals surface area contributed by atoms with Crippen LogP contribution in [0.3, 0.4) is 0 Å². The predicted molar refractivity (Wildman–Crippen MR) is 108 cm³/mol. The number of thiol groups is 1. The molecule has 1 aliphatic carbocycles. The zero-order valence-corrected chi connectivity index (χ0v) is 15.5. The lowest BCUT2D eigenvalue weighted by molar-refractivity contribution is 0.454. The second kappa shape index (κ2) is 7.77. The van der Waals surface area contributed by atoms with Crippen molar-refractivity contribution in [1.82, 2.24) is 0 Å². The first-order valence-corrected chi connectivity index (χ1v) is 9.27. The lowest BCUT2D eigenvalue weighted by Gasteiger charge is -2.25. The molecule has 24 heavy (non-hydrogen) atoms. The maximum atomic E-state index is 14.1. The van der Waals surface area contributed by atoms with Crippen molar-refractivity contribution in [3.8, 4) is 11.8 Å². The molecular formula is C20H19BFPS. The largest absolute Gasteiger partial charge is 0.205 e. The lowest BCUT2D eigenvalue weighted by atomic mass is 9.83. The Morgan fingerprint density at radius 2 is 1.67 bits per heavy atom. The highest BCUT2D eigenvalue weighted by molar-refractivity contribution is 7.80. The number of halogens is 1. The standard InChI is InChI=1S/C20H19BFPS/c21-18-12-9-16(19(22)20(18)23)6-3-13-1-4-14(5-2-13)15-7-10-17(24)11-8-15/h1-2,4-5,9,12,15,17,24H,7-8,10-11,23H2. The summed E-state index contributed by atoms with van der Waals surface area (Å²) in [5, 5.41) is 0.930. The highest BCUT2D eigenvalue weighted by Gasteiger charge is 2.19. The molecule has 120 valence electrons. The van der Waals surface area contributed by atoms with Crippen molar-refractivity contribution in [3.63, 3.8) is 0 Å². The van der Waals surface area contributed by atoms with Gasteiger partial charge in [-0.2, -0.15) is 12.6 Å². The summed E-state index contributed by atoms with van der Waals surface area (Å²) in [5.41, 5.74) is 3.04. The Morgan fingerprint density at radius 3 is 2.33 bits per heavy atom.